The van der Waals surface area contributed by atoms with Crippen LogP contribution in [0, 0.1) is 5.82 Å². The third-order valence-corrected chi connectivity index (χ3v) is 4.22. The molecule has 0 spiro atoms. The van der Waals surface area contributed by atoms with Gasteiger partial charge in [0.05, 0.1) is 10.8 Å². The van der Waals surface area contributed by atoms with Gasteiger partial charge in [0.25, 0.3) is 5.91 Å². The molecule has 116 valence electrons. The highest BCUT2D eigenvalue weighted by Gasteiger charge is 2.33. The SMILES string of the molecule is C=C1CC(Cl)C(NC(=O)c2noc3ccc(F)cc23)CC1F. The molecule has 3 rings (SSSR count). The van der Waals surface area contributed by atoms with Crippen molar-refractivity contribution in [3.63, 3.8) is 0 Å². The molecule has 4 nitrogen and oxygen atoms in total. The minimum absolute atomic E-state index is 0.0434. The van der Waals surface area contributed by atoms with Crippen LogP contribution in [0.25, 0.3) is 11.0 Å². The maximum atomic E-state index is 13.7. The van der Waals surface area contributed by atoms with Crippen LogP contribution in [0.1, 0.15) is 23.3 Å². The van der Waals surface area contributed by atoms with E-state index in [1.807, 2.05) is 0 Å². The Morgan fingerprint density at radius 2 is 2.27 bits per heavy atom. The molecule has 1 aromatic heterocycles. The number of rotatable bonds is 2. The lowest BCUT2D eigenvalue weighted by Gasteiger charge is -2.31. The zero-order valence-electron chi connectivity index (χ0n) is 11.5. The van der Waals surface area contributed by atoms with Gasteiger partial charge in [-0.2, -0.15) is 0 Å². The lowest BCUT2D eigenvalue weighted by atomic mass is 9.89. The normalized spacial score (nSPS) is 25.4. The number of aromatic nitrogens is 1. The first-order chi connectivity index (χ1) is 10.5. The van der Waals surface area contributed by atoms with E-state index in [1.165, 1.54) is 18.2 Å². The molecule has 0 radical (unpaired) electrons. The topological polar surface area (TPSA) is 55.1 Å². The van der Waals surface area contributed by atoms with Crippen molar-refractivity contribution < 1.29 is 18.1 Å². The number of benzene rings is 1. The van der Waals surface area contributed by atoms with Crippen molar-refractivity contribution >= 4 is 28.5 Å². The molecule has 1 fully saturated rings. The smallest absolute Gasteiger partial charge is 0.274 e. The molecule has 1 aromatic carbocycles. The fourth-order valence-corrected chi connectivity index (χ4v) is 2.88. The Balaban J connectivity index is 1.81. The molecule has 0 saturated heterocycles. The summed E-state index contributed by atoms with van der Waals surface area (Å²) in [4.78, 5) is 12.3. The Morgan fingerprint density at radius 1 is 1.50 bits per heavy atom. The van der Waals surface area contributed by atoms with Gasteiger partial charge < -0.3 is 9.84 Å². The van der Waals surface area contributed by atoms with Gasteiger partial charge in [0.1, 0.15) is 12.0 Å². The predicted octanol–water partition coefficient (Wildman–Crippen LogP) is 3.36. The van der Waals surface area contributed by atoms with E-state index in [4.69, 9.17) is 16.1 Å². The van der Waals surface area contributed by atoms with Crippen LogP contribution in [-0.2, 0) is 0 Å². The van der Waals surface area contributed by atoms with Gasteiger partial charge in [-0.15, -0.1) is 11.6 Å². The maximum absolute atomic E-state index is 13.7. The Hall–Kier alpha value is -1.95. The lowest BCUT2D eigenvalue weighted by Crippen LogP contribution is -2.46. The van der Waals surface area contributed by atoms with Gasteiger partial charge in [-0.3, -0.25) is 4.79 Å². The molecule has 2 aromatic rings. The Labute approximate surface area is 130 Å². The lowest BCUT2D eigenvalue weighted by molar-refractivity contribution is 0.0916. The number of hydrogen-bond acceptors (Lipinski definition) is 3. The van der Waals surface area contributed by atoms with E-state index >= 15 is 0 Å². The van der Waals surface area contributed by atoms with Crippen molar-refractivity contribution in [2.45, 2.75) is 30.4 Å². The van der Waals surface area contributed by atoms with Crippen LogP contribution in [-0.4, -0.2) is 28.7 Å². The molecule has 0 bridgehead atoms. The first kappa shape index (κ1) is 15.0. The number of fused-ring (bicyclic) bond motifs is 1. The van der Waals surface area contributed by atoms with E-state index < -0.39 is 29.3 Å². The maximum Gasteiger partial charge on any atom is 0.274 e. The van der Waals surface area contributed by atoms with Crippen molar-refractivity contribution in [2.75, 3.05) is 0 Å². The van der Waals surface area contributed by atoms with Gasteiger partial charge in [-0.25, -0.2) is 8.78 Å². The summed E-state index contributed by atoms with van der Waals surface area (Å²) < 4.78 is 32.0. The summed E-state index contributed by atoms with van der Waals surface area (Å²) in [6.45, 7) is 3.62. The molecule has 1 N–H and O–H groups in total. The first-order valence-corrected chi connectivity index (χ1v) is 7.21. The first-order valence-electron chi connectivity index (χ1n) is 6.77. The van der Waals surface area contributed by atoms with Gasteiger partial charge in [0, 0.05) is 12.5 Å². The summed E-state index contributed by atoms with van der Waals surface area (Å²) in [5, 5.41) is 6.11. The van der Waals surface area contributed by atoms with Crippen LogP contribution in [0.5, 0.6) is 0 Å². The summed E-state index contributed by atoms with van der Waals surface area (Å²) in [6, 6.07) is 3.22. The van der Waals surface area contributed by atoms with Crippen molar-refractivity contribution in [1.29, 1.82) is 0 Å². The van der Waals surface area contributed by atoms with Crippen LogP contribution in [0.2, 0.25) is 0 Å². The highest BCUT2D eigenvalue weighted by atomic mass is 35.5. The van der Waals surface area contributed by atoms with Crippen LogP contribution >= 0.6 is 11.6 Å². The largest absolute Gasteiger partial charge is 0.355 e. The van der Waals surface area contributed by atoms with E-state index in [2.05, 4.69) is 17.1 Å². The number of amides is 1. The highest BCUT2D eigenvalue weighted by Crippen LogP contribution is 2.29. The van der Waals surface area contributed by atoms with Crippen molar-refractivity contribution in [1.82, 2.24) is 10.5 Å². The third kappa shape index (κ3) is 2.70. The molecule has 1 saturated carbocycles. The predicted molar refractivity (Wildman–Crippen MR) is 78.1 cm³/mol. The number of carbonyl (C=O) groups excluding carboxylic acids is 1. The molecule has 3 atom stereocenters. The molecule has 22 heavy (non-hydrogen) atoms. The average molecular weight is 327 g/mol. The molecule has 1 aliphatic carbocycles. The molecule has 1 heterocycles. The van der Waals surface area contributed by atoms with E-state index in [1.54, 1.807) is 0 Å². The van der Waals surface area contributed by atoms with Gasteiger partial charge in [0.2, 0.25) is 0 Å². The van der Waals surface area contributed by atoms with Crippen LogP contribution in [0.4, 0.5) is 8.78 Å². The van der Waals surface area contributed by atoms with Crippen molar-refractivity contribution in [3.05, 3.63) is 41.9 Å². The monoisotopic (exact) mass is 326 g/mol. The quantitative estimate of drug-likeness (QED) is 0.680. The minimum Gasteiger partial charge on any atom is -0.355 e. The van der Waals surface area contributed by atoms with Crippen molar-refractivity contribution in [3.8, 4) is 0 Å². The second kappa shape index (κ2) is 5.68. The van der Waals surface area contributed by atoms with Crippen molar-refractivity contribution in [2.24, 2.45) is 0 Å². The minimum atomic E-state index is -1.20. The van der Waals surface area contributed by atoms with E-state index in [-0.39, 0.29) is 17.5 Å². The molecule has 0 aliphatic heterocycles. The van der Waals surface area contributed by atoms with Gasteiger partial charge in [-0.1, -0.05) is 11.7 Å². The second-order valence-electron chi connectivity index (χ2n) is 5.33. The van der Waals surface area contributed by atoms with E-state index in [9.17, 15) is 13.6 Å². The summed E-state index contributed by atoms with van der Waals surface area (Å²) in [5.74, 6) is -1.07. The van der Waals surface area contributed by atoms with Gasteiger partial charge in [0.15, 0.2) is 11.3 Å². The number of nitrogens with zero attached hydrogens (tertiary/aromatic N) is 1. The van der Waals surface area contributed by atoms with Crippen LogP contribution in [0.15, 0.2) is 34.9 Å². The Kier molecular flexibility index (Phi) is 3.87. The zero-order chi connectivity index (χ0) is 15.9. The molecular formula is C15H13ClF2N2O2. The van der Waals surface area contributed by atoms with E-state index in [0.29, 0.717) is 17.6 Å². The van der Waals surface area contributed by atoms with Gasteiger partial charge in [-0.05, 0) is 30.2 Å². The molecule has 7 heteroatoms. The Bertz CT molecular complexity index is 746. The third-order valence-electron chi connectivity index (χ3n) is 3.76. The van der Waals surface area contributed by atoms with E-state index in [0.717, 1.165) is 0 Å². The summed E-state index contributed by atoms with van der Waals surface area (Å²) >= 11 is 6.15. The van der Waals surface area contributed by atoms with Crippen LogP contribution in [0.3, 0.4) is 0 Å². The number of carbonyl (C=O) groups is 1. The standard InChI is InChI=1S/C15H13ClF2N2O2/c1-7-4-10(16)12(6-11(7)18)19-15(21)14-9-5-8(17)2-3-13(9)22-20-14/h2-3,5,10-12H,1,4,6H2,(H,19,21). The number of alkyl halides is 2. The highest BCUT2D eigenvalue weighted by molar-refractivity contribution is 6.21. The van der Waals surface area contributed by atoms with Crippen LogP contribution < -0.4 is 5.32 Å². The fourth-order valence-electron chi connectivity index (χ4n) is 2.52. The summed E-state index contributed by atoms with van der Waals surface area (Å²) in [5.41, 5.74) is 0.687. The molecular weight excluding hydrogens is 314 g/mol. The number of halogens is 3. The Morgan fingerprint density at radius 3 is 3.05 bits per heavy atom. The summed E-state index contributed by atoms with van der Waals surface area (Å²) in [6.07, 6.45) is -0.850. The number of hydrogen-bond donors (Lipinski definition) is 1. The average Bonchev–Trinajstić information content (AvgIpc) is 2.87. The second-order valence-corrected chi connectivity index (χ2v) is 5.89. The zero-order valence-corrected chi connectivity index (χ0v) is 12.2. The molecule has 1 amide bonds. The number of nitrogens with one attached hydrogen (secondary N) is 1. The molecule has 3 unspecified atom stereocenters. The van der Waals surface area contributed by atoms with Gasteiger partial charge >= 0.3 is 0 Å². The number of allylic oxidation sites excluding steroid dienone is 1. The fraction of sp³-hybridized carbons (Fsp3) is 0.333. The molecule has 1 aliphatic rings. The summed E-state index contributed by atoms with van der Waals surface area (Å²) in [7, 11) is 0.